The number of anilines is 1. The van der Waals surface area contributed by atoms with Gasteiger partial charge in [0.2, 0.25) is 0 Å². The van der Waals surface area contributed by atoms with Crippen molar-refractivity contribution in [2.24, 2.45) is 0 Å². The minimum Gasteiger partial charge on any atom is -0.268 e. The number of rotatable bonds is 2. The predicted octanol–water partition coefficient (Wildman–Crippen LogP) is 5.71. The fourth-order valence-corrected chi connectivity index (χ4v) is 3.93. The SMILES string of the molecule is Cc1ccc(/C=C2/SC(=S)N(c3ccc(Cl)cc3Cl)C2=O)cc1. The molecule has 0 aromatic heterocycles. The highest BCUT2D eigenvalue weighted by Gasteiger charge is 2.34. The largest absolute Gasteiger partial charge is 0.270 e. The molecule has 0 unspecified atom stereocenters. The van der Waals surface area contributed by atoms with Crippen molar-refractivity contribution in [3.8, 4) is 0 Å². The van der Waals surface area contributed by atoms with E-state index in [9.17, 15) is 4.79 Å². The van der Waals surface area contributed by atoms with Crippen LogP contribution in [0, 0.1) is 6.92 Å². The molecule has 0 aliphatic carbocycles. The van der Waals surface area contributed by atoms with Gasteiger partial charge in [0.05, 0.1) is 15.6 Å². The van der Waals surface area contributed by atoms with Gasteiger partial charge >= 0.3 is 0 Å². The molecule has 0 saturated carbocycles. The Morgan fingerprint density at radius 1 is 1.13 bits per heavy atom. The number of aryl methyl sites for hydroxylation is 1. The molecule has 2 aromatic rings. The van der Waals surface area contributed by atoms with Crippen molar-refractivity contribution in [2.45, 2.75) is 6.92 Å². The fourth-order valence-electron chi connectivity index (χ4n) is 2.15. The number of halogens is 2. The maximum absolute atomic E-state index is 12.7. The van der Waals surface area contributed by atoms with E-state index in [1.165, 1.54) is 22.2 Å². The topological polar surface area (TPSA) is 20.3 Å². The quantitative estimate of drug-likeness (QED) is 0.492. The van der Waals surface area contributed by atoms with Crippen LogP contribution in [0.2, 0.25) is 10.0 Å². The predicted molar refractivity (Wildman–Crippen MR) is 103 cm³/mol. The lowest BCUT2D eigenvalue weighted by molar-refractivity contribution is -0.113. The van der Waals surface area contributed by atoms with Gasteiger partial charge in [-0.3, -0.25) is 9.69 Å². The van der Waals surface area contributed by atoms with Crippen LogP contribution in [0.1, 0.15) is 11.1 Å². The third kappa shape index (κ3) is 3.45. The zero-order valence-electron chi connectivity index (χ0n) is 12.0. The van der Waals surface area contributed by atoms with Gasteiger partial charge in [0.1, 0.15) is 0 Å². The molecule has 3 rings (SSSR count). The molecule has 1 aliphatic heterocycles. The summed E-state index contributed by atoms with van der Waals surface area (Å²) < 4.78 is 0.456. The van der Waals surface area contributed by atoms with E-state index in [4.69, 9.17) is 35.4 Å². The molecule has 1 fully saturated rings. The van der Waals surface area contributed by atoms with E-state index >= 15 is 0 Å². The lowest BCUT2D eigenvalue weighted by Gasteiger charge is -2.16. The van der Waals surface area contributed by atoms with E-state index in [2.05, 4.69) is 0 Å². The van der Waals surface area contributed by atoms with E-state index in [0.717, 1.165) is 5.56 Å². The van der Waals surface area contributed by atoms with Gasteiger partial charge in [-0.15, -0.1) is 0 Å². The zero-order chi connectivity index (χ0) is 16.6. The highest BCUT2D eigenvalue weighted by Crippen LogP contribution is 2.39. The molecule has 1 amide bonds. The summed E-state index contributed by atoms with van der Waals surface area (Å²) in [5, 5.41) is 0.907. The van der Waals surface area contributed by atoms with E-state index in [1.807, 2.05) is 37.3 Å². The van der Waals surface area contributed by atoms with Crippen LogP contribution < -0.4 is 4.90 Å². The van der Waals surface area contributed by atoms with Crippen LogP contribution in [-0.4, -0.2) is 10.2 Å². The molecule has 2 aromatic carbocycles. The summed E-state index contributed by atoms with van der Waals surface area (Å²) in [6.45, 7) is 2.02. The normalized spacial score (nSPS) is 16.5. The average Bonchev–Trinajstić information content (AvgIpc) is 2.77. The average molecular weight is 380 g/mol. The van der Waals surface area contributed by atoms with Gasteiger partial charge in [0.25, 0.3) is 5.91 Å². The molecule has 0 bridgehead atoms. The van der Waals surface area contributed by atoms with Crippen molar-refractivity contribution in [3.63, 3.8) is 0 Å². The number of thioether (sulfide) groups is 1. The molecule has 23 heavy (non-hydrogen) atoms. The summed E-state index contributed by atoms with van der Waals surface area (Å²) in [4.78, 5) is 14.7. The highest BCUT2D eigenvalue weighted by atomic mass is 35.5. The first kappa shape index (κ1) is 16.5. The number of hydrogen-bond donors (Lipinski definition) is 0. The summed E-state index contributed by atoms with van der Waals surface area (Å²) in [5.74, 6) is -0.176. The van der Waals surface area contributed by atoms with Crippen LogP contribution in [0.4, 0.5) is 5.69 Å². The monoisotopic (exact) mass is 379 g/mol. The van der Waals surface area contributed by atoms with E-state index < -0.39 is 0 Å². The van der Waals surface area contributed by atoms with Crippen molar-refractivity contribution in [3.05, 3.63) is 68.5 Å². The molecule has 6 heteroatoms. The highest BCUT2D eigenvalue weighted by molar-refractivity contribution is 8.27. The number of thiocarbonyl (C=S) groups is 1. The van der Waals surface area contributed by atoms with Crippen LogP contribution in [0.3, 0.4) is 0 Å². The number of nitrogens with zero attached hydrogens (tertiary/aromatic N) is 1. The first-order valence-corrected chi connectivity index (χ1v) is 8.73. The molecular formula is C17H11Cl2NOS2. The molecule has 2 nitrogen and oxygen atoms in total. The Hall–Kier alpha value is -1.33. The van der Waals surface area contributed by atoms with Crippen molar-refractivity contribution < 1.29 is 4.79 Å². The Labute approximate surface area is 154 Å². The summed E-state index contributed by atoms with van der Waals surface area (Å²) in [7, 11) is 0. The van der Waals surface area contributed by atoms with Crippen molar-refractivity contribution >= 4 is 69.2 Å². The second-order valence-corrected chi connectivity index (χ2v) is 7.54. The summed E-state index contributed by atoms with van der Waals surface area (Å²) in [5.41, 5.74) is 2.67. The third-order valence-electron chi connectivity index (χ3n) is 3.32. The van der Waals surface area contributed by atoms with Gasteiger partial charge in [-0.2, -0.15) is 0 Å². The van der Waals surface area contributed by atoms with Crippen LogP contribution in [0.25, 0.3) is 6.08 Å². The Morgan fingerprint density at radius 3 is 2.48 bits per heavy atom. The minimum absolute atomic E-state index is 0.176. The number of hydrogen-bond acceptors (Lipinski definition) is 3. The standard InChI is InChI=1S/C17H11Cl2NOS2/c1-10-2-4-11(5-3-10)8-15-16(21)20(17(22)23-15)14-7-6-12(18)9-13(14)19/h2-9H,1H3/b15-8+. The van der Waals surface area contributed by atoms with Gasteiger partial charge in [-0.1, -0.05) is 77.0 Å². The van der Waals surface area contributed by atoms with Gasteiger partial charge in [-0.05, 0) is 36.8 Å². The van der Waals surface area contributed by atoms with Crippen LogP contribution >= 0.6 is 47.2 Å². The second kappa shape index (κ2) is 6.65. The fraction of sp³-hybridized carbons (Fsp3) is 0.0588. The van der Waals surface area contributed by atoms with Crippen LogP contribution in [0.15, 0.2) is 47.4 Å². The molecule has 116 valence electrons. The summed E-state index contributed by atoms with van der Waals surface area (Å²) in [6.07, 6.45) is 1.84. The van der Waals surface area contributed by atoms with Crippen molar-refractivity contribution in [2.75, 3.05) is 4.90 Å². The van der Waals surface area contributed by atoms with Crippen LogP contribution in [-0.2, 0) is 4.79 Å². The van der Waals surface area contributed by atoms with E-state index in [-0.39, 0.29) is 5.91 Å². The molecule has 0 radical (unpaired) electrons. The smallest absolute Gasteiger partial charge is 0.268 e. The summed E-state index contributed by atoms with van der Waals surface area (Å²) in [6, 6.07) is 12.9. The van der Waals surface area contributed by atoms with Crippen molar-refractivity contribution in [1.82, 2.24) is 0 Å². The molecule has 1 aliphatic rings. The first-order chi connectivity index (χ1) is 11.0. The first-order valence-electron chi connectivity index (χ1n) is 6.75. The molecule has 1 saturated heterocycles. The lowest BCUT2D eigenvalue weighted by atomic mass is 10.1. The van der Waals surface area contributed by atoms with E-state index in [0.29, 0.717) is 25.0 Å². The third-order valence-corrected chi connectivity index (χ3v) is 5.16. The molecule has 0 atom stereocenters. The Balaban J connectivity index is 1.95. The number of benzene rings is 2. The van der Waals surface area contributed by atoms with Crippen LogP contribution in [0.5, 0.6) is 0 Å². The maximum atomic E-state index is 12.7. The maximum Gasteiger partial charge on any atom is 0.270 e. The Bertz CT molecular complexity index is 831. The van der Waals surface area contributed by atoms with Gasteiger partial charge < -0.3 is 0 Å². The van der Waals surface area contributed by atoms with Gasteiger partial charge in [0.15, 0.2) is 4.32 Å². The number of carbonyl (C=O) groups is 1. The second-order valence-electron chi connectivity index (χ2n) is 5.02. The Morgan fingerprint density at radius 2 is 1.83 bits per heavy atom. The summed E-state index contributed by atoms with van der Waals surface area (Å²) >= 11 is 18.7. The molecule has 0 spiro atoms. The molecule has 0 N–H and O–H groups in total. The minimum atomic E-state index is -0.176. The Kier molecular flexibility index (Phi) is 4.78. The lowest BCUT2D eigenvalue weighted by Crippen LogP contribution is -2.27. The molecular weight excluding hydrogens is 369 g/mol. The zero-order valence-corrected chi connectivity index (χ0v) is 15.2. The van der Waals surface area contributed by atoms with E-state index in [1.54, 1.807) is 18.2 Å². The van der Waals surface area contributed by atoms with Gasteiger partial charge in [0, 0.05) is 5.02 Å². The van der Waals surface area contributed by atoms with Gasteiger partial charge in [-0.25, -0.2) is 0 Å². The van der Waals surface area contributed by atoms with Crippen molar-refractivity contribution in [1.29, 1.82) is 0 Å². The molecule has 1 heterocycles. The number of carbonyl (C=O) groups excluding carboxylic acids is 1. The number of amides is 1.